The molecule has 0 spiro atoms. The Kier molecular flexibility index (Phi) is 3.98. The summed E-state index contributed by atoms with van der Waals surface area (Å²) in [5, 5.41) is 7.25. The lowest BCUT2D eigenvalue weighted by atomic mass is 10.0. The van der Waals surface area contributed by atoms with Crippen molar-refractivity contribution in [3.8, 4) is 0 Å². The van der Waals surface area contributed by atoms with E-state index in [0.717, 1.165) is 12.8 Å². The Hall–Kier alpha value is -0.990. The average Bonchev–Trinajstić information content (AvgIpc) is 2.73. The van der Waals surface area contributed by atoms with E-state index in [1.54, 1.807) is 6.92 Å². The zero-order valence-electron chi connectivity index (χ0n) is 10.6. The molecule has 0 saturated carbocycles. The predicted molar refractivity (Wildman–Crippen MR) is 64.8 cm³/mol. The van der Waals surface area contributed by atoms with Crippen molar-refractivity contribution in [2.75, 3.05) is 13.1 Å². The lowest BCUT2D eigenvalue weighted by Gasteiger charge is -2.29. The van der Waals surface area contributed by atoms with E-state index in [2.05, 4.69) is 26.6 Å². The highest BCUT2D eigenvalue weighted by Gasteiger charge is 2.26. The Labute approximate surface area is 107 Å². The summed E-state index contributed by atoms with van der Waals surface area (Å²) in [6, 6.07) is 0. The number of piperidine rings is 1. The molecule has 1 aromatic heterocycles. The van der Waals surface area contributed by atoms with Crippen molar-refractivity contribution in [1.82, 2.24) is 19.3 Å². The van der Waals surface area contributed by atoms with Crippen molar-refractivity contribution in [3.05, 3.63) is 11.4 Å². The van der Waals surface area contributed by atoms with Crippen LogP contribution in [0.15, 0.2) is 4.63 Å². The summed E-state index contributed by atoms with van der Waals surface area (Å²) >= 11 is 0. The molecule has 0 unspecified atom stereocenters. The molecule has 0 atom stereocenters. The highest BCUT2D eigenvalue weighted by Crippen LogP contribution is 2.18. The topological polar surface area (TPSA) is 88.3 Å². The number of aryl methyl sites for hydroxylation is 1. The first kappa shape index (κ1) is 13.4. The maximum Gasteiger partial charge on any atom is 0.279 e. The average molecular weight is 274 g/mol. The summed E-state index contributed by atoms with van der Waals surface area (Å²) in [4.78, 5) is 0. The maximum atomic E-state index is 12.0. The van der Waals surface area contributed by atoms with Gasteiger partial charge in [0, 0.05) is 13.1 Å². The summed E-state index contributed by atoms with van der Waals surface area (Å²) in [5.74, 6) is 0.596. The molecule has 1 aromatic rings. The SMILES string of the molecule is Cc1nonc1CNS(=O)(=O)N1CCC(C)CC1. The van der Waals surface area contributed by atoms with Crippen LogP contribution in [-0.2, 0) is 16.8 Å². The minimum Gasteiger partial charge on any atom is -0.244 e. The molecule has 0 aliphatic carbocycles. The minimum absolute atomic E-state index is 0.115. The normalized spacial score (nSPS) is 19.2. The molecule has 2 rings (SSSR count). The first-order valence-electron chi connectivity index (χ1n) is 6.02. The van der Waals surface area contributed by atoms with Gasteiger partial charge in [-0.15, -0.1) is 0 Å². The quantitative estimate of drug-likeness (QED) is 0.861. The van der Waals surface area contributed by atoms with E-state index >= 15 is 0 Å². The van der Waals surface area contributed by atoms with Crippen LogP contribution in [0.1, 0.15) is 31.2 Å². The fourth-order valence-corrected chi connectivity index (χ4v) is 3.08. The molecule has 102 valence electrons. The molecule has 0 aromatic carbocycles. The monoisotopic (exact) mass is 274 g/mol. The van der Waals surface area contributed by atoms with Gasteiger partial charge in [-0.2, -0.15) is 17.4 Å². The van der Waals surface area contributed by atoms with Gasteiger partial charge in [0.1, 0.15) is 11.4 Å². The second-order valence-electron chi connectivity index (χ2n) is 4.70. The van der Waals surface area contributed by atoms with Crippen LogP contribution in [0.5, 0.6) is 0 Å². The largest absolute Gasteiger partial charge is 0.279 e. The fraction of sp³-hybridized carbons (Fsp3) is 0.800. The van der Waals surface area contributed by atoms with Gasteiger partial charge in [-0.3, -0.25) is 0 Å². The molecular weight excluding hydrogens is 256 g/mol. The number of rotatable bonds is 4. The summed E-state index contributed by atoms with van der Waals surface area (Å²) in [7, 11) is -3.43. The van der Waals surface area contributed by atoms with Gasteiger partial charge < -0.3 is 0 Å². The molecule has 0 radical (unpaired) electrons. The van der Waals surface area contributed by atoms with Crippen LogP contribution in [0.2, 0.25) is 0 Å². The van der Waals surface area contributed by atoms with E-state index in [9.17, 15) is 8.42 Å². The van der Waals surface area contributed by atoms with Gasteiger partial charge in [0.25, 0.3) is 10.2 Å². The van der Waals surface area contributed by atoms with E-state index in [-0.39, 0.29) is 6.54 Å². The van der Waals surface area contributed by atoms with E-state index in [1.165, 1.54) is 4.31 Å². The maximum absolute atomic E-state index is 12.0. The second-order valence-corrected chi connectivity index (χ2v) is 6.46. The minimum atomic E-state index is -3.43. The van der Waals surface area contributed by atoms with Crippen LogP contribution in [-0.4, -0.2) is 36.1 Å². The highest BCUT2D eigenvalue weighted by molar-refractivity contribution is 7.87. The van der Waals surface area contributed by atoms with Gasteiger partial charge in [-0.1, -0.05) is 17.2 Å². The zero-order valence-corrected chi connectivity index (χ0v) is 11.4. The first-order chi connectivity index (χ1) is 8.49. The number of aromatic nitrogens is 2. The summed E-state index contributed by atoms with van der Waals surface area (Å²) < 4.78 is 32.6. The number of hydrogen-bond donors (Lipinski definition) is 1. The lowest BCUT2D eigenvalue weighted by Crippen LogP contribution is -2.44. The van der Waals surface area contributed by atoms with Crippen molar-refractivity contribution in [2.24, 2.45) is 5.92 Å². The Bertz CT molecular complexity index is 491. The van der Waals surface area contributed by atoms with Gasteiger partial charge in [-0.25, -0.2) is 4.63 Å². The third kappa shape index (κ3) is 3.06. The molecule has 1 saturated heterocycles. The zero-order chi connectivity index (χ0) is 13.2. The standard InChI is InChI=1S/C10H18N4O3S/c1-8-3-5-14(6-4-8)18(15,16)11-7-10-9(2)12-17-13-10/h8,11H,3-7H2,1-2H3. The molecule has 1 aliphatic heterocycles. The third-order valence-corrected chi connectivity index (χ3v) is 4.81. The first-order valence-corrected chi connectivity index (χ1v) is 7.46. The Morgan fingerprint density at radius 3 is 2.61 bits per heavy atom. The molecule has 18 heavy (non-hydrogen) atoms. The van der Waals surface area contributed by atoms with Gasteiger partial charge in [-0.05, 0) is 25.7 Å². The van der Waals surface area contributed by atoms with E-state index in [0.29, 0.717) is 30.4 Å². The van der Waals surface area contributed by atoms with E-state index in [4.69, 9.17) is 0 Å². The van der Waals surface area contributed by atoms with Crippen LogP contribution >= 0.6 is 0 Å². The van der Waals surface area contributed by atoms with Crippen LogP contribution in [0.3, 0.4) is 0 Å². The third-order valence-electron chi connectivity index (χ3n) is 3.25. The smallest absolute Gasteiger partial charge is 0.244 e. The van der Waals surface area contributed by atoms with E-state index < -0.39 is 10.2 Å². The highest BCUT2D eigenvalue weighted by atomic mass is 32.2. The lowest BCUT2D eigenvalue weighted by molar-refractivity contribution is 0.284. The molecule has 7 nitrogen and oxygen atoms in total. The Balaban J connectivity index is 1.93. The van der Waals surface area contributed by atoms with Crippen LogP contribution in [0.25, 0.3) is 0 Å². The van der Waals surface area contributed by atoms with Crippen molar-refractivity contribution in [3.63, 3.8) is 0 Å². The molecule has 2 heterocycles. The second kappa shape index (κ2) is 5.33. The van der Waals surface area contributed by atoms with Gasteiger partial charge in [0.05, 0.1) is 6.54 Å². The van der Waals surface area contributed by atoms with Crippen molar-refractivity contribution in [1.29, 1.82) is 0 Å². The molecule has 8 heteroatoms. The molecule has 1 aliphatic rings. The number of hydrogen-bond acceptors (Lipinski definition) is 5. The summed E-state index contributed by atoms with van der Waals surface area (Å²) in [6.45, 7) is 5.13. The van der Waals surface area contributed by atoms with Crippen LogP contribution in [0, 0.1) is 12.8 Å². The number of nitrogens with zero attached hydrogens (tertiary/aromatic N) is 3. The molecule has 0 bridgehead atoms. The Morgan fingerprint density at radius 2 is 2.06 bits per heavy atom. The predicted octanol–water partition coefficient (Wildman–Crippen LogP) is 0.444. The van der Waals surface area contributed by atoms with Gasteiger partial charge >= 0.3 is 0 Å². The molecule has 0 amide bonds. The van der Waals surface area contributed by atoms with Crippen molar-refractivity contribution < 1.29 is 13.0 Å². The van der Waals surface area contributed by atoms with E-state index in [1.807, 2.05) is 0 Å². The molecule has 1 N–H and O–H groups in total. The summed E-state index contributed by atoms with van der Waals surface area (Å²) in [6.07, 6.45) is 1.82. The van der Waals surface area contributed by atoms with Gasteiger partial charge in [0.2, 0.25) is 0 Å². The van der Waals surface area contributed by atoms with Crippen molar-refractivity contribution in [2.45, 2.75) is 33.2 Å². The molecule has 1 fully saturated rings. The number of nitrogens with one attached hydrogen (secondary N) is 1. The van der Waals surface area contributed by atoms with Crippen LogP contribution < -0.4 is 4.72 Å². The van der Waals surface area contributed by atoms with Gasteiger partial charge in [0.15, 0.2) is 0 Å². The summed E-state index contributed by atoms with van der Waals surface area (Å²) in [5.41, 5.74) is 1.12. The van der Waals surface area contributed by atoms with Crippen molar-refractivity contribution >= 4 is 10.2 Å². The molecular formula is C10H18N4O3S. The fourth-order valence-electron chi connectivity index (χ4n) is 1.89. The Morgan fingerprint density at radius 1 is 1.39 bits per heavy atom. The van der Waals surface area contributed by atoms with Crippen LogP contribution in [0.4, 0.5) is 0 Å².